The number of nitrogens with zero attached hydrogens (tertiary/aromatic N) is 3. The average Bonchev–Trinajstić information content (AvgIpc) is 3.30. The van der Waals surface area contributed by atoms with Crippen molar-refractivity contribution >= 4 is 46.4 Å². The van der Waals surface area contributed by atoms with Crippen LogP contribution in [-0.4, -0.2) is 80.2 Å². The number of halogens is 1. The quantitative estimate of drug-likeness (QED) is 0.310. The Balaban J connectivity index is 1.31. The Labute approximate surface area is 225 Å². The van der Waals surface area contributed by atoms with Gasteiger partial charge in [-0.2, -0.15) is 0 Å². The number of hydrogen-bond donors (Lipinski definition) is 1. The van der Waals surface area contributed by atoms with Gasteiger partial charge in [-0.05, 0) is 55.5 Å². The molecule has 200 valence electrons. The minimum atomic E-state index is -0.531. The molecule has 2 fully saturated rings. The second kappa shape index (κ2) is 12.0. The maximum atomic E-state index is 15.1. The third kappa shape index (κ3) is 6.46. The minimum Gasteiger partial charge on any atom is -0.497 e. The summed E-state index contributed by atoms with van der Waals surface area (Å²) in [7, 11) is 1.54. The molecule has 2 aliphatic heterocycles. The minimum absolute atomic E-state index is 0.275. The van der Waals surface area contributed by atoms with E-state index in [-0.39, 0.29) is 17.8 Å². The molecule has 0 radical (unpaired) electrons. The largest absolute Gasteiger partial charge is 0.497 e. The van der Waals surface area contributed by atoms with E-state index in [1.54, 1.807) is 55.3 Å². The molecule has 1 atom stereocenters. The maximum absolute atomic E-state index is 15.1. The smallest absolute Gasteiger partial charge is 0.414 e. The van der Waals surface area contributed by atoms with Crippen LogP contribution in [0.2, 0.25) is 0 Å². The molecule has 2 amide bonds. The van der Waals surface area contributed by atoms with Crippen LogP contribution in [0, 0.1) is 5.82 Å². The summed E-state index contributed by atoms with van der Waals surface area (Å²) in [5.74, 6) is -0.373. The number of ether oxygens (including phenoxy) is 2. The predicted molar refractivity (Wildman–Crippen MR) is 146 cm³/mol. The average molecular weight is 541 g/mol. The lowest BCUT2D eigenvalue weighted by molar-refractivity contribution is -0.126. The molecule has 0 saturated carbocycles. The Bertz CT molecular complexity index is 1240. The summed E-state index contributed by atoms with van der Waals surface area (Å²) in [6.45, 7) is 4.06. The first kappa shape index (κ1) is 27.1. The zero-order chi connectivity index (χ0) is 27.2. The Morgan fingerprint density at radius 2 is 1.84 bits per heavy atom. The van der Waals surface area contributed by atoms with Crippen LogP contribution in [0.15, 0.2) is 54.6 Å². The molecule has 0 aliphatic carbocycles. The molecule has 11 heteroatoms. The maximum Gasteiger partial charge on any atom is 0.414 e. The molecule has 2 saturated heterocycles. The van der Waals surface area contributed by atoms with Crippen LogP contribution in [0.25, 0.3) is 0 Å². The third-order valence-electron chi connectivity index (χ3n) is 6.38. The Kier molecular flexibility index (Phi) is 8.57. The highest BCUT2D eigenvalue weighted by molar-refractivity contribution is 7.80. The predicted octanol–water partition coefficient (Wildman–Crippen LogP) is 3.18. The third-order valence-corrected chi connectivity index (χ3v) is 6.52. The summed E-state index contributed by atoms with van der Waals surface area (Å²) in [4.78, 5) is 42.7. The van der Waals surface area contributed by atoms with E-state index >= 15 is 4.39 Å². The normalized spacial score (nSPS) is 17.5. The van der Waals surface area contributed by atoms with Crippen molar-refractivity contribution in [1.29, 1.82) is 0 Å². The number of benzene rings is 2. The van der Waals surface area contributed by atoms with Gasteiger partial charge in [0.1, 0.15) is 17.7 Å². The Morgan fingerprint density at radius 3 is 2.47 bits per heavy atom. The van der Waals surface area contributed by atoms with E-state index in [2.05, 4.69) is 5.32 Å². The van der Waals surface area contributed by atoms with Gasteiger partial charge in [-0.15, -0.1) is 0 Å². The van der Waals surface area contributed by atoms with Gasteiger partial charge >= 0.3 is 6.09 Å². The molecule has 0 spiro atoms. The van der Waals surface area contributed by atoms with E-state index in [9.17, 15) is 14.4 Å². The SMILES string of the molecule is COc1ccc(C(=O)/C=C/C(=O)N2CCN(c3ccc(N4C[C@H](CNC(C)=S)OC4=O)cc3F)CC2)cc1. The highest BCUT2D eigenvalue weighted by atomic mass is 32.1. The number of amides is 2. The standard InChI is InChI=1S/C27H29FN4O5S/c1-18(38)29-16-22-17-32(27(35)37-22)20-5-8-24(23(28)15-20)30-11-13-31(14-12-30)26(34)10-9-25(33)19-3-6-21(36-2)7-4-19/h3-10,15,22H,11-14,16-17H2,1-2H3,(H,29,38)/b10-9+/t22-/m0/s1. The van der Waals surface area contributed by atoms with Crippen molar-refractivity contribution in [2.24, 2.45) is 0 Å². The van der Waals surface area contributed by atoms with Crippen molar-refractivity contribution in [2.45, 2.75) is 13.0 Å². The van der Waals surface area contributed by atoms with Crippen molar-refractivity contribution < 1.29 is 28.2 Å². The zero-order valence-electron chi connectivity index (χ0n) is 21.2. The fourth-order valence-electron chi connectivity index (χ4n) is 4.29. The first-order valence-corrected chi connectivity index (χ1v) is 12.6. The number of carbonyl (C=O) groups is 3. The molecule has 38 heavy (non-hydrogen) atoms. The summed E-state index contributed by atoms with van der Waals surface area (Å²) in [6.07, 6.45) is 1.62. The van der Waals surface area contributed by atoms with E-state index in [4.69, 9.17) is 21.7 Å². The molecule has 9 nitrogen and oxygen atoms in total. The molecule has 2 aliphatic rings. The van der Waals surface area contributed by atoms with Crippen molar-refractivity contribution in [3.8, 4) is 5.75 Å². The number of cyclic esters (lactones) is 1. The summed E-state index contributed by atoms with van der Waals surface area (Å²) in [5.41, 5.74) is 1.27. The zero-order valence-corrected chi connectivity index (χ0v) is 22.0. The molecule has 0 aromatic heterocycles. The topological polar surface area (TPSA) is 91.4 Å². The monoisotopic (exact) mass is 540 g/mol. The number of carbonyl (C=O) groups excluding carboxylic acids is 3. The van der Waals surface area contributed by atoms with Crippen molar-refractivity contribution in [3.05, 3.63) is 66.0 Å². The molecule has 2 heterocycles. The van der Waals surface area contributed by atoms with Crippen molar-refractivity contribution in [3.63, 3.8) is 0 Å². The van der Waals surface area contributed by atoms with E-state index < -0.39 is 11.9 Å². The van der Waals surface area contributed by atoms with Crippen LogP contribution < -0.4 is 19.9 Å². The number of rotatable bonds is 8. The number of ketones is 1. The molecule has 0 bridgehead atoms. The number of hydrogen-bond acceptors (Lipinski definition) is 7. The van der Waals surface area contributed by atoms with E-state index in [0.717, 1.165) is 0 Å². The van der Waals surface area contributed by atoms with Gasteiger partial charge in [0.05, 0.1) is 36.6 Å². The van der Waals surface area contributed by atoms with Crippen LogP contribution in [-0.2, 0) is 9.53 Å². The number of nitrogens with one attached hydrogen (secondary N) is 1. The Hall–Kier alpha value is -3.99. The molecular formula is C27H29FN4O5S. The van der Waals surface area contributed by atoms with Crippen molar-refractivity contribution in [1.82, 2.24) is 10.2 Å². The van der Waals surface area contributed by atoms with Gasteiger partial charge in [0, 0.05) is 37.8 Å². The second-order valence-electron chi connectivity index (χ2n) is 8.93. The molecule has 2 aromatic carbocycles. The number of piperazine rings is 1. The van der Waals surface area contributed by atoms with Gasteiger partial charge in [-0.25, -0.2) is 9.18 Å². The molecule has 0 unspecified atom stereocenters. The van der Waals surface area contributed by atoms with Crippen LogP contribution in [0.3, 0.4) is 0 Å². The lowest BCUT2D eigenvalue weighted by Crippen LogP contribution is -2.48. The van der Waals surface area contributed by atoms with Gasteiger partial charge in [-0.3, -0.25) is 14.5 Å². The fraction of sp³-hybridized carbons (Fsp3) is 0.333. The van der Waals surface area contributed by atoms with Gasteiger partial charge in [-0.1, -0.05) is 12.2 Å². The van der Waals surface area contributed by atoms with E-state index in [0.29, 0.717) is 66.9 Å². The molecular weight excluding hydrogens is 511 g/mol. The van der Waals surface area contributed by atoms with Crippen LogP contribution in [0.5, 0.6) is 5.75 Å². The lowest BCUT2D eigenvalue weighted by atomic mass is 10.1. The summed E-state index contributed by atoms with van der Waals surface area (Å²) < 4.78 is 25.5. The number of allylic oxidation sites excluding steroid dienone is 1. The van der Waals surface area contributed by atoms with Gasteiger partial charge in [0.15, 0.2) is 5.78 Å². The Morgan fingerprint density at radius 1 is 1.13 bits per heavy atom. The van der Waals surface area contributed by atoms with Crippen LogP contribution >= 0.6 is 12.2 Å². The summed E-state index contributed by atoms with van der Waals surface area (Å²) in [5, 5.41) is 2.97. The number of thiocarbonyl (C=S) groups is 1. The molecule has 2 aromatic rings. The van der Waals surface area contributed by atoms with E-state index in [1.165, 1.54) is 23.1 Å². The molecule has 4 rings (SSSR count). The first-order chi connectivity index (χ1) is 18.2. The van der Waals surface area contributed by atoms with Crippen LogP contribution in [0.4, 0.5) is 20.6 Å². The number of methoxy groups -OCH3 is 1. The summed E-state index contributed by atoms with van der Waals surface area (Å²) in [6, 6.07) is 11.3. The highest BCUT2D eigenvalue weighted by Crippen LogP contribution is 2.28. The summed E-state index contributed by atoms with van der Waals surface area (Å²) >= 11 is 4.98. The lowest BCUT2D eigenvalue weighted by Gasteiger charge is -2.36. The first-order valence-electron chi connectivity index (χ1n) is 12.2. The highest BCUT2D eigenvalue weighted by Gasteiger charge is 2.33. The molecule has 1 N–H and O–H groups in total. The van der Waals surface area contributed by atoms with Gasteiger partial charge in [0.25, 0.3) is 0 Å². The van der Waals surface area contributed by atoms with Crippen LogP contribution in [0.1, 0.15) is 17.3 Å². The second-order valence-corrected chi connectivity index (χ2v) is 9.54. The van der Waals surface area contributed by atoms with E-state index in [1.807, 2.05) is 4.90 Å². The van der Waals surface area contributed by atoms with Crippen molar-refractivity contribution in [2.75, 3.05) is 56.2 Å². The fourth-order valence-corrected chi connectivity index (χ4v) is 4.37. The number of anilines is 2. The van der Waals surface area contributed by atoms with Gasteiger partial charge in [0.2, 0.25) is 5.91 Å². The van der Waals surface area contributed by atoms with Gasteiger partial charge < -0.3 is 24.6 Å².